The van der Waals surface area contributed by atoms with Crippen molar-refractivity contribution in [3.8, 4) is 0 Å². The fourth-order valence-corrected chi connectivity index (χ4v) is 8.21. The molecule has 2 aliphatic heterocycles. The van der Waals surface area contributed by atoms with Crippen LogP contribution >= 0.6 is 0 Å². The third kappa shape index (κ3) is 5.80. The first-order valence-electron chi connectivity index (χ1n) is 14.1. The molecule has 0 bridgehead atoms. The van der Waals surface area contributed by atoms with E-state index in [1.54, 1.807) is 66.7 Å². The van der Waals surface area contributed by atoms with Crippen LogP contribution in [0.2, 0.25) is 0 Å². The second-order valence-electron chi connectivity index (χ2n) is 10.7. The Hall–Kier alpha value is -4.62. The van der Waals surface area contributed by atoms with Gasteiger partial charge in [0, 0.05) is 23.6 Å². The summed E-state index contributed by atoms with van der Waals surface area (Å²) in [7, 11) is -7.72. The van der Waals surface area contributed by atoms with E-state index in [-0.39, 0.29) is 44.0 Å². The zero-order valence-corrected chi connectivity index (χ0v) is 25.9. The summed E-state index contributed by atoms with van der Waals surface area (Å²) >= 11 is 0. The number of rotatable bonds is 7. The summed E-state index contributed by atoms with van der Waals surface area (Å²) in [6.07, 6.45) is 1.04. The molecule has 2 heterocycles. The van der Waals surface area contributed by atoms with Crippen LogP contribution in [-0.2, 0) is 29.1 Å². The first-order valence-corrected chi connectivity index (χ1v) is 17.1. The van der Waals surface area contributed by atoms with Crippen LogP contribution < -0.4 is 0 Å². The second-order valence-corrected chi connectivity index (χ2v) is 14.7. The quantitative estimate of drug-likeness (QED) is 0.198. The van der Waals surface area contributed by atoms with Gasteiger partial charge in [-0.2, -0.15) is 0 Å². The van der Waals surface area contributed by atoms with Crippen LogP contribution in [0.4, 0.5) is 0 Å². The lowest BCUT2D eigenvalue weighted by atomic mass is 10.2. The van der Waals surface area contributed by atoms with Gasteiger partial charge in [0.05, 0.1) is 21.1 Å². The Morgan fingerprint density at radius 3 is 1.64 bits per heavy atom. The maximum atomic E-state index is 13.8. The lowest BCUT2D eigenvalue weighted by Gasteiger charge is -2.09. The first kappa shape index (κ1) is 29.5. The highest BCUT2D eigenvalue weighted by Gasteiger charge is 2.36. The number of ether oxygens (including phenoxy) is 2. The Labute approximate surface area is 258 Å². The minimum Gasteiger partial charge on any atom is -0.484 e. The van der Waals surface area contributed by atoms with E-state index in [1.807, 2.05) is 62.4 Å². The topological polar surface area (TPSA) is 86.7 Å². The lowest BCUT2D eigenvalue weighted by molar-refractivity contribution is 0.237. The van der Waals surface area contributed by atoms with Crippen molar-refractivity contribution >= 4 is 31.2 Å². The number of aryl methyl sites for hydroxylation is 2. The molecule has 8 heteroatoms. The largest absolute Gasteiger partial charge is 0.484 e. The second kappa shape index (κ2) is 11.8. The SMILES string of the molecule is Cc1ccc(S(=O)(=O)C2=C(c3ccccc3)OC(=C=CC3CC(S(=O)(=O)c4ccc(C)cc4)=C(c4ccccc4)O3)C2)cc1. The van der Waals surface area contributed by atoms with Crippen LogP contribution in [-0.4, -0.2) is 22.9 Å². The molecule has 0 N–H and O–H groups in total. The van der Waals surface area contributed by atoms with Crippen molar-refractivity contribution in [2.75, 3.05) is 0 Å². The molecule has 6 nitrogen and oxygen atoms in total. The fourth-order valence-electron chi connectivity index (χ4n) is 5.13. The molecule has 0 amide bonds. The van der Waals surface area contributed by atoms with Gasteiger partial charge in [-0.15, -0.1) is 0 Å². The van der Waals surface area contributed by atoms with Gasteiger partial charge in [-0.3, -0.25) is 0 Å². The molecular formula is C36H30O6S2. The van der Waals surface area contributed by atoms with E-state index >= 15 is 0 Å². The fraction of sp³-hybridized carbons (Fsp3) is 0.139. The van der Waals surface area contributed by atoms with Gasteiger partial charge in [-0.05, 0) is 38.1 Å². The summed E-state index contributed by atoms with van der Waals surface area (Å²) in [5.41, 5.74) is 6.29. The third-order valence-corrected chi connectivity index (χ3v) is 11.3. The summed E-state index contributed by atoms with van der Waals surface area (Å²) in [4.78, 5) is 0.697. The van der Waals surface area contributed by atoms with Crippen molar-refractivity contribution in [2.45, 2.75) is 42.6 Å². The molecule has 1 atom stereocenters. The van der Waals surface area contributed by atoms with E-state index in [1.165, 1.54) is 0 Å². The van der Waals surface area contributed by atoms with Crippen LogP contribution in [0.1, 0.15) is 35.1 Å². The summed E-state index contributed by atoms with van der Waals surface area (Å²) in [6, 6.07) is 31.7. The molecule has 0 spiro atoms. The van der Waals surface area contributed by atoms with Crippen LogP contribution in [0.15, 0.2) is 146 Å². The van der Waals surface area contributed by atoms with Crippen LogP contribution in [0.25, 0.3) is 11.5 Å². The van der Waals surface area contributed by atoms with Crippen LogP contribution in [0, 0.1) is 13.8 Å². The Kier molecular flexibility index (Phi) is 7.91. The molecule has 4 aromatic rings. The Morgan fingerprint density at radius 1 is 0.636 bits per heavy atom. The van der Waals surface area contributed by atoms with Gasteiger partial charge >= 0.3 is 0 Å². The zero-order chi connectivity index (χ0) is 30.9. The average Bonchev–Trinajstić information content (AvgIpc) is 3.67. The van der Waals surface area contributed by atoms with Gasteiger partial charge < -0.3 is 9.47 Å². The molecule has 2 aliphatic rings. The molecule has 0 aromatic heterocycles. The molecule has 0 saturated heterocycles. The van der Waals surface area contributed by atoms with E-state index in [4.69, 9.17) is 9.47 Å². The zero-order valence-electron chi connectivity index (χ0n) is 24.2. The molecule has 222 valence electrons. The van der Waals surface area contributed by atoms with Crippen molar-refractivity contribution < 1.29 is 26.3 Å². The highest BCUT2D eigenvalue weighted by atomic mass is 32.2. The van der Waals surface area contributed by atoms with Crippen molar-refractivity contribution in [1.82, 2.24) is 0 Å². The monoisotopic (exact) mass is 622 g/mol. The van der Waals surface area contributed by atoms with Crippen LogP contribution in [0.5, 0.6) is 0 Å². The molecule has 0 radical (unpaired) electrons. The molecule has 0 fully saturated rings. The normalized spacial score (nSPS) is 16.9. The van der Waals surface area contributed by atoms with Crippen molar-refractivity contribution in [3.63, 3.8) is 0 Å². The van der Waals surface area contributed by atoms with Gasteiger partial charge in [0.15, 0.2) is 11.5 Å². The van der Waals surface area contributed by atoms with E-state index < -0.39 is 25.8 Å². The highest BCUT2D eigenvalue weighted by Crippen LogP contribution is 2.41. The van der Waals surface area contributed by atoms with Gasteiger partial charge in [0.2, 0.25) is 19.7 Å². The first-order chi connectivity index (χ1) is 21.1. The Bertz CT molecular complexity index is 2050. The summed E-state index contributed by atoms with van der Waals surface area (Å²) in [5, 5.41) is 0. The smallest absolute Gasteiger partial charge is 0.206 e. The van der Waals surface area contributed by atoms with Gasteiger partial charge in [0.25, 0.3) is 0 Å². The minimum atomic E-state index is -3.87. The number of benzene rings is 4. The summed E-state index contributed by atoms with van der Waals surface area (Å²) < 4.78 is 67.4. The molecule has 44 heavy (non-hydrogen) atoms. The summed E-state index contributed by atoms with van der Waals surface area (Å²) in [6.45, 7) is 3.80. The van der Waals surface area contributed by atoms with Crippen molar-refractivity contribution in [2.24, 2.45) is 0 Å². The Morgan fingerprint density at radius 2 is 1.11 bits per heavy atom. The number of hydrogen-bond donors (Lipinski definition) is 0. The molecule has 6 rings (SSSR count). The minimum absolute atomic E-state index is 0.00283. The number of hydrogen-bond acceptors (Lipinski definition) is 6. The van der Waals surface area contributed by atoms with E-state index in [0.717, 1.165) is 11.1 Å². The molecule has 1 unspecified atom stereocenters. The van der Waals surface area contributed by atoms with Gasteiger partial charge in [0.1, 0.15) is 16.8 Å². The average molecular weight is 623 g/mol. The van der Waals surface area contributed by atoms with Gasteiger partial charge in [-0.1, -0.05) is 102 Å². The van der Waals surface area contributed by atoms with Crippen LogP contribution in [0.3, 0.4) is 0 Å². The molecule has 0 aliphatic carbocycles. The Balaban J connectivity index is 1.34. The highest BCUT2D eigenvalue weighted by molar-refractivity contribution is 7.95. The molecule has 4 aromatic carbocycles. The summed E-state index contributed by atoms with van der Waals surface area (Å²) in [5.74, 6) is 0.840. The van der Waals surface area contributed by atoms with Gasteiger partial charge in [-0.25, -0.2) is 16.8 Å². The lowest BCUT2D eigenvalue weighted by Crippen LogP contribution is -2.07. The maximum absolute atomic E-state index is 13.8. The molecule has 0 saturated carbocycles. The predicted octanol–water partition coefficient (Wildman–Crippen LogP) is 7.54. The maximum Gasteiger partial charge on any atom is 0.206 e. The van der Waals surface area contributed by atoms with Crippen molar-refractivity contribution in [3.05, 3.63) is 159 Å². The third-order valence-electron chi connectivity index (χ3n) is 7.52. The van der Waals surface area contributed by atoms with E-state index in [0.29, 0.717) is 16.9 Å². The van der Waals surface area contributed by atoms with Crippen molar-refractivity contribution in [1.29, 1.82) is 0 Å². The predicted molar refractivity (Wildman–Crippen MR) is 170 cm³/mol. The molecular weight excluding hydrogens is 593 g/mol. The van der Waals surface area contributed by atoms with E-state index in [9.17, 15) is 16.8 Å². The van der Waals surface area contributed by atoms with E-state index in [2.05, 4.69) is 5.73 Å². The standard InChI is InChI=1S/C36H30O6S2/c1-25-13-19-31(20-14-25)43(37,38)33-23-29(41-35(33)27-9-5-3-6-10-27)17-18-30-24-34(36(42-30)28-11-7-4-8-12-28)44(39,40)32-21-15-26(2)16-22-32/h3-17,19-22,29H,23-24H2,1-2H3. The number of sulfone groups is 2.